The van der Waals surface area contributed by atoms with Crippen molar-refractivity contribution in [1.29, 1.82) is 0 Å². The molecule has 126 valence electrons. The Morgan fingerprint density at radius 2 is 1.18 bits per heavy atom. The predicted octanol–water partition coefficient (Wildman–Crippen LogP) is 2.51. The van der Waals surface area contributed by atoms with Crippen molar-refractivity contribution in [3.05, 3.63) is 27.8 Å². The van der Waals surface area contributed by atoms with Crippen LogP contribution in [0.1, 0.15) is 34.7 Å². The zero-order valence-electron chi connectivity index (χ0n) is 14.7. The molecule has 0 spiro atoms. The molecular weight excluding hydrogens is 302 g/mol. The minimum Gasteiger partial charge on any atom is -0.354 e. The lowest BCUT2D eigenvalue weighted by Crippen LogP contribution is -2.43. The van der Waals surface area contributed by atoms with Gasteiger partial charge in [0.25, 0.3) is 0 Å². The molecule has 0 fully saturated rings. The van der Waals surface area contributed by atoms with Crippen LogP contribution in [0.2, 0.25) is 0 Å². The van der Waals surface area contributed by atoms with E-state index >= 15 is 0 Å². The Labute approximate surface area is 134 Å². The third-order valence-corrected chi connectivity index (χ3v) is 6.25. The van der Waals surface area contributed by atoms with Crippen LogP contribution in [-0.4, -0.2) is 35.0 Å². The zero-order chi connectivity index (χ0) is 17.2. The molecule has 0 saturated carbocycles. The smallest absolute Gasteiger partial charge is 0.241 e. The Hall–Kier alpha value is -0.950. The highest BCUT2D eigenvalue weighted by molar-refractivity contribution is 7.89. The van der Waals surface area contributed by atoms with Crippen LogP contribution in [0.4, 0.5) is 0 Å². The van der Waals surface area contributed by atoms with Crippen LogP contribution in [0, 0.1) is 34.6 Å². The normalized spacial score (nSPS) is 13.7. The number of benzene rings is 1. The second-order valence-electron chi connectivity index (χ2n) is 5.70. The van der Waals surface area contributed by atoms with Crippen molar-refractivity contribution < 1.29 is 17.9 Å². The van der Waals surface area contributed by atoms with Gasteiger partial charge in [0.15, 0.2) is 6.29 Å². The number of rotatable bonds is 6. The molecule has 0 radical (unpaired) electrons. The Balaban J connectivity index is 3.36. The molecule has 1 aromatic rings. The number of nitrogens with one attached hydrogen (secondary N) is 1. The Bertz CT molecular complexity index is 620. The quantitative estimate of drug-likeness (QED) is 0.815. The topological polar surface area (TPSA) is 64.6 Å². The lowest BCUT2D eigenvalue weighted by Gasteiger charge is -2.24. The molecule has 22 heavy (non-hydrogen) atoms. The summed E-state index contributed by atoms with van der Waals surface area (Å²) >= 11 is 0. The van der Waals surface area contributed by atoms with E-state index in [0.29, 0.717) is 4.90 Å². The van der Waals surface area contributed by atoms with Gasteiger partial charge in [-0.2, -0.15) is 0 Å². The molecule has 0 aromatic heterocycles. The molecule has 0 aliphatic heterocycles. The van der Waals surface area contributed by atoms with Gasteiger partial charge >= 0.3 is 0 Å². The van der Waals surface area contributed by atoms with Crippen LogP contribution in [0.5, 0.6) is 0 Å². The Morgan fingerprint density at radius 3 is 1.55 bits per heavy atom. The minimum atomic E-state index is -3.66. The van der Waals surface area contributed by atoms with Gasteiger partial charge in [0.2, 0.25) is 10.0 Å². The molecule has 1 unspecified atom stereocenters. The average molecular weight is 329 g/mol. The second kappa shape index (κ2) is 7.08. The molecule has 0 heterocycles. The van der Waals surface area contributed by atoms with E-state index in [1.807, 2.05) is 34.6 Å². The summed E-state index contributed by atoms with van der Waals surface area (Å²) in [6.07, 6.45) is -0.636. The van der Waals surface area contributed by atoms with E-state index in [9.17, 15) is 8.42 Å². The van der Waals surface area contributed by atoms with Gasteiger partial charge < -0.3 is 9.47 Å². The maximum Gasteiger partial charge on any atom is 0.241 e. The summed E-state index contributed by atoms with van der Waals surface area (Å²) in [7, 11) is -0.694. The minimum absolute atomic E-state index is 0.353. The van der Waals surface area contributed by atoms with Crippen LogP contribution in [0.15, 0.2) is 4.90 Å². The summed E-state index contributed by atoms with van der Waals surface area (Å²) in [6, 6.07) is -0.499. The number of sulfonamides is 1. The van der Waals surface area contributed by atoms with Crippen molar-refractivity contribution in [3.63, 3.8) is 0 Å². The SMILES string of the molecule is COC(OC)C(C)NS(=O)(=O)c1c(C)c(C)c(C)c(C)c1C. The predicted molar refractivity (Wildman–Crippen MR) is 87.7 cm³/mol. The van der Waals surface area contributed by atoms with Gasteiger partial charge in [-0.25, -0.2) is 13.1 Å². The fourth-order valence-electron chi connectivity index (χ4n) is 2.73. The van der Waals surface area contributed by atoms with Crippen molar-refractivity contribution in [2.75, 3.05) is 14.2 Å². The van der Waals surface area contributed by atoms with Crippen LogP contribution >= 0.6 is 0 Å². The molecule has 5 nitrogen and oxygen atoms in total. The summed E-state index contributed by atoms with van der Waals surface area (Å²) < 4.78 is 38.5. The summed E-state index contributed by atoms with van der Waals surface area (Å²) in [5.41, 5.74) is 4.71. The molecule has 1 aromatic carbocycles. The van der Waals surface area contributed by atoms with Gasteiger partial charge in [0.05, 0.1) is 10.9 Å². The van der Waals surface area contributed by atoms with Crippen molar-refractivity contribution >= 4 is 10.0 Å². The molecule has 0 aliphatic carbocycles. The van der Waals surface area contributed by atoms with Gasteiger partial charge in [-0.3, -0.25) is 0 Å². The molecule has 6 heteroatoms. The van der Waals surface area contributed by atoms with Crippen LogP contribution in [-0.2, 0) is 19.5 Å². The first-order valence-corrected chi connectivity index (χ1v) is 8.71. The third-order valence-electron chi connectivity index (χ3n) is 4.41. The van der Waals surface area contributed by atoms with Gasteiger partial charge in [-0.05, 0) is 69.4 Å². The number of hydrogen-bond acceptors (Lipinski definition) is 4. The first kappa shape index (κ1) is 19.1. The van der Waals surface area contributed by atoms with Crippen LogP contribution < -0.4 is 4.72 Å². The number of ether oxygens (including phenoxy) is 2. The largest absolute Gasteiger partial charge is 0.354 e. The molecular formula is C16H27NO4S. The van der Waals surface area contributed by atoms with Crippen molar-refractivity contribution in [2.24, 2.45) is 0 Å². The molecule has 0 amide bonds. The monoisotopic (exact) mass is 329 g/mol. The maximum atomic E-state index is 12.8. The summed E-state index contributed by atoms with van der Waals surface area (Å²) in [5.74, 6) is 0. The van der Waals surface area contributed by atoms with Gasteiger partial charge in [-0.15, -0.1) is 0 Å². The van der Waals surface area contributed by atoms with Gasteiger partial charge in [0, 0.05) is 14.2 Å². The first-order valence-electron chi connectivity index (χ1n) is 7.23. The van der Waals surface area contributed by atoms with Crippen molar-refractivity contribution in [1.82, 2.24) is 4.72 Å². The fraction of sp³-hybridized carbons (Fsp3) is 0.625. The molecule has 1 atom stereocenters. The summed E-state index contributed by atoms with van der Waals surface area (Å²) in [4.78, 5) is 0.353. The van der Waals surface area contributed by atoms with E-state index in [-0.39, 0.29) is 0 Å². The second-order valence-corrected chi connectivity index (χ2v) is 7.35. The highest BCUT2D eigenvalue weighted by Crippen LogP contribution is 2.29. The van der Waals surface area contributed by atoms with E-state index < -0.39 is 22.4 Å². The molecule has 1 N–H and O–H groups in total. The Morgan fingerprint density at radius 1 is 0.818 bits per heavy atom. The highest BCUT2D eigenvalue weighted by Gasteiger charge is 2.28. The first-order chi connectivity index (χ1) is 10.1. The summed E-state index contributed by atoms with van der Waals surface area (Å²) in [6.45, 7) is 11.3. The molecule has 1 rings (SSSR count). The van der Waals surface area contributed by atoms with E-state index in [0.717, 1.165) is 27.8 Å². The van der Waals surface area contributed by atoms with E-state index in [1.165, 1.54) is 14.2 Å². The maximum absolute atomic E-state index is 12.8. The van der Waals surface area contributed by atoms with Crippen molar-refractivity contribution in [2.45, 2.75) is 58.8 Å². The standard InChI is InChI=1S/C16H27NO4S/c1-9-10(2)12(4)15(13(5)11(9)3)22(18,19)17-14(6)16(20-7)21-8/h14,16-17H,1-8H3. The third kappa shape index (κ3) is 3.51. The fourth-order valence-corrected chi connectivity index (χ4v) is 4.56. The summed E-state index contributed by atoms with van der Waals surface area (Å²) in [5, 5.41) is 0. The zero-order valence-corrected chi connectivity index (χ0v) is 15.5. The highest BCUT2D eigenvalue weighted by atomic mass is 32.2. The molecule has 0 aliphatic rings. The van der Waals surface area contributed by atoms with Crippen LogP contribution in [0.3, 0.4) is 0 Å². The Kier molecular flexibility index (Phi) is 6.15. The molecule has 0 bridgehead atoms. The van der Waals surface area contributed by atoms with Gasteiger partial charge in [-0.1, -0.05) is 0 Å². The number of hydrogen-bond donors (Lipinski definition) is 1. The molecule has 0 saturated heterocycles. The lowest BCUT2D eigenvalue weighted by molar-refractivity contribution is -0.115. The van der Waals surface area contributed by atoms with Crippen molar-refractivity contribution in [3.8, 4) is 0 Å². The van der Waals surface area contributed by atoms with E-state index in [4.69, 9.17) is 9.47 Å². The lowest BCUT2D eigenvalue weighted by atomic mass is 9.95. The van der Waals surface area contributed by atoms with Crippen LogP contribution in [0.25, 0.3) is 0 Å². The van der Waals surface area contributed by atoms with Gasteiger partial charge in [0.1, 0.15) is 0 Å². The number of methoxy groups -OCH3 is 2. The van der Waals surface area contributed by atoms with E-state index in [2.05, 4.69) is 4.72 Å². The average Bonchev–Trinajstić information content (AvgIpc) is 2.43. The van der Waals surface area contributed by atoms with E-state index in [1.54, 1.807) is 6.92 Å².